The first-order valence-corrected chi connectivity index (χ1v) is 9.71. The number of phenolic OH excluding ortho intramolecular Hbond substituents is 1. The minimum absolute atomic E-state index is 0.0287. The molecule has 2 aromatic carbocycles. The Balaban J connectivity index is 1.56. The summed E-state index contributed by atoms with van der Waals surface area (Å²) in [5, 5.41) is 23.1. The van der Waals surface area contributed by atoms with Crippen molar-refractivity contribution in [1.82, 2.24) is 4.90 Å². The van der Waals surface area contributed by atoms with Crippen LogP contribution in [0.2, 0.25) is 0 Å². The molecule has 1 fully saturated rings. The largest absolute Gasteiger partial charge is 0.506 e. The molecule has 31 heavy (non-hydrogen) atoms. The molecule has 2 amide bonds. The molecule has 164 valence electrons. The number of nitrogens with zero attached hydrogens (tertiary/aromatic N) is 2. The molecule has 2 aromatic rings. The molecule has 0 saturated heterocycles. The van der Waals surface area contributed by atoms with E-state index in [9.17, 15) is 24.8 Å². The molecule has 0 bridgehead atoms. The fourth-order valence-corrected chi connectivity index (χ4v) is 3.03. The van der Waals surface area contributed by atoms with E-state index in [1.54, 1.807) is 29.2 Å². The Labute approximate surface area is 178 Å². The lowest BCUT2D eigenvalue weighted by atomic mass is 10.2. The van der Waals surface area contributed by atoms with E-state index in [2.05, 4.69) is 5.32 Å². The van der Waals surface area contributed by atoms with Gasteiger partial charge >= 0.3 is 0 Å². The maximum absolute atomic E-state index is 12.7. The summed E-state index contributed by atoms with van der Waals surface area (Å²) in [5.74, 6) is -0.0315. The lowest BCUT2D eigenvalue weighted by Gasteiger charge is -2.22. The first kappa shape index (κ1) is 21.9. The third kappa shape index (κ3) is 5.84. The van der Waals surface area contributed by atoms with E-state index in [0.717, 1.165) is 31.0 Å². The Morgan fingerprint density at radius 3 is 2.58 bits per heavy atom. The first-order chi connectivity index (χ1) is 14.9. The van der Waals surface area contributed by atoms with Crippen molar-refractivity contribution in [2.24, 2.45) is 0 Å². The molecule has 1 aliphatic carbocycles. The fourth-order valence-electron chi connectivity index (χ4n) is 3.03. The van der Waals surface area contributed by atoms with Crippen molar-refractivity contribution >= 4 is 23.2 Å². The number of para-hydroxylation sites is 2. The van der Waals surface area contributed by atoms with Gasteiger partial charge in [-0.2, -0.15) is 0 Å². The SMILES string of the molecule is COc1ccccc1OCC(=O)N(CCC(=O)Nc1cc([N+](=O)[O-])ccc1O)C1CC1. The van der Waals surface area contributed by atoms with Crippen LogP contribution in [-0.4, -0.2) is 53.0 Å². The molecule has 0 aliphatic heterocycles. The van der Waals surface area contributed by atoms with Gasteiger partial charge in [-0.3, -0.25) is 19.7 Å². The molecule has 0 radical (unpaired) electrons. The van der Waals surface area contributed by atoms with Crippen LogP contribution in [-0.2, 0) is 9.59 Å². The van der Waals surface area contributed by atoms with Gasteiger partial charge < -0.3 is 24.8 Å². The minimum atomic E-state index is -0.621. The van der Waals surface area contributed by atoms with E-state index in [4.69, 9.17) is 9.47 Å². The lowest BCUT2D eigenvalue weighted by molar-refractivity contribution is -0.384. The number of non-ortho nitro benzene ring substituents is 1. The summed E-state index contributed by atoms with van der Waals surface area (Å²) in [5.41, 5.74) is -0.306. The highest BCUT2D eigenvalue weighted by Gasteiger charge is 2.33. The Hall–Kier alpha value is -3.82. The average Bonchev–Trinajstić information content (AvgIpc) is 3.59. The van der Waals surface area contributed by atoms with Gasteiger partial charge in [0.25, 0.3) is 11.6 Å². The number of nitrogens with one attached hydrogen (secondary N) is 1. The third-order valence-electron chi connectivity index (χ3n) is 4.77. The minimum Gasteiger partial charge on any atom is -0.506 e. The summed E-state index contributed by atoms with van der Waals surface area (Å²) in [4.78, 5) is 36.8. The number of benzene rings is 2. The second-order valence-corrected chi connectivity index (χ2v) is 7.01. The van der Waals surface area contributed by atoms with Crippen molar-refractivity contribution in [1.29, 1.82) is 0 Å². The number of aromatic hydroxyl groups is 1. The van der Waals surface area contributed by atoms with E-state index in [-0.39, 0.29) is 48.6 Å². The summed E-state index contributed by atoms with van der Waals surface area (Å²) in [6.07, 6.45) is 1.68. The maximum Gasteiger partial charge on any atom is 0.271 e. The smallest absolute Gasteiger partial charge is 0.271 e. The van der Waals surface area contributed by atoms with Gasteiger partial charge in [-0.25, -0.2) is 0 Å². The predicted molar refractivity (Wildman–Crippen MR) is 111 cm³/mol. The highest BCUT2D eigenvalue weighted by atomic mass is 16.6. The number of carbonyl (C=O) groups excluding carboxylic acids is 2. The molecular formula is C21H23N3O7. The lowest BCUT2D eigenvalue weighted by Crippen LogP contribution is -2.38. The van der Waals surface area contributed by atoms with Crippen LogP contribution in [0, 0.1) is 10.1 Å². The number of hydrogen-bond donors (Lipinski definition) is 2. The summed E-state index contributed by atoms with van der Waals surface area (Å²) in [7, 11) is 1.51. The Bertz CT molecular complexity index is 975. The molecule has 1 saturated carbocycles. The van der Waals surface area contributed by atoms with Gasteiger partial charge in [0.1, 0.15) is 5.75 Å². The van der Waals surface area contributed by atoms with E-state index in [0.29, 0.717) is 11.5 Å². The second kappa shape index (κ2) is 9.79. The molecule has 1 aliphatic rings. The fraction of sp³-hybridized carbons (Fsp3) is 0.333. The highest BCUT2D eigenvalue weighted by molar-refractivity contribution is 5.93. The van der Waals surface area contributed by atoms with Gasteiger partial charge in [0.15, 0.2) is 18.1 Å². The van der Waals surface area contributed by atoms with E-state index in [1.807, 2.05) is 0 Å². The summed E-state index contributed by atoms with van der Waals surface area (Å²) in [6, 6.07) is 10.4. The summed E-state index contributed by atoms with van der Waals surface area (Å²) < 4.78 is 10.8. The first-order valence-electron chi connectivity index (χ1n) is 9.71. The quantitative estimate of drug-likeness (QED) is 0.337. The van der Waals surface area contributed by atoms with Crippen LogP contribution in [0.25, 0.3) is 0 Å². The number of nitro groups is 1. The zero-order chi connectivity index (χ0) is 22.4. The van der Waals surface area contributed by atoms with Crippen LogP contribution in [0.1, 0.15) is 19.3 Å². The van der Waals surface area contributed by atoms with E-state index in [1.165, 1.54) is 7.11 Å². The second-order valence-electron chi connectivity index (χ2n) is 7.01. The van der Waals surface area contributed by atoms with Crippen molar-refractivity contribution in [3.8, 4) is 17.2 Å². The number of ether oxygens (including phenoxy) is 2. The van der Waals surface area contributed by atoms with Gasteiger partial charge in [-0.15, -0.1) is 0 Å². The van der Waals surface area contributed by atoms with Crippen molar-refractivity contribution in [3.05, 3.63) is 52.6 Å². The van der Waals surface area contributed by atoms with E-state index < -0.39 is 10.8 Å². The van der Waals surface area contributed by atoms with Crippen molar-refractivity contribution < 1.29 is 29.1 Å². The molecule has 3 rings (SSSR count). The summed E-state index contributed by atoms with van der Waals surface area (Å²) in [6.45, 7) is -0.0233. The number of carbonyl (C=O) groups is 2. The standard InChI is InChI=1S/C21H23N3O7/c1-30-18-4-2-3-5-19(18)31-13-21(27)23(14-6-7-14)11-10-20(26)22-16-12-15(24(28)29)8-9-17(16)25/h2-5,8-9,12,14,25H,6-7,10-11,13H2,1H3,(H,22,26). The van der Waals surface area contributed by atoms with Crippen LogP contribution in [0.3, 0.4) is 0 Å². The van der Waals surface area contributed by atoms with Gasteiger partial charge in [0.05, 0.1) is 17.7 Å². The average molecular weight is 429 g/mol. The Morgan fingerprint density at radius 2 is 1.94 bits per heavy atom. The van der Waals surface area contributed by atoms with Gasteiger partial charge in [0, 0.05) is 31.1 Å². The van der Waals surface area contributed by atoms with Gasteiger partial charge in [-0.1, -0.05) is 12.1 Å². The van der Waals surface area contributed by atoms with Crippen molar-refractivity contribution in [3.63, 3.8) is 0 Å². The molecule has 10 heteroatoms. The Morgan fingerprint density at radius 1 is 1.23 bits per heavy atom. The third-order valence-corrected chi connectivity index (χ3v) is 4.77. The molecule has 0 spiro atoms. The number of nitro benzene ring substituents is 1. The number of amides is 2. The highest BCUT2D eigenvalue weighted by Crippen LogP contribution is 2.30. The van der Waals surface area contributed by atoms with Crippen LogP contribution in [0.15, 0.2) is 42.5 Å². The molecular weight excluding hydrogens is 406 g/mol. The Kier molecular flexibility index (Phi) is 6.91. The zero-order valence-corrected chi connectivity index (χ0v) is 16.9. The zero-order valence-electron chi connectivity index (χ0n) is 16.9. The number of methoxy groups -OCH3 is 1. The summed E-state index contributed by atoms with van der Waals surface area (Å²) >= 11 is 0. The van der Waals surface area contributed by atoms with Crippen LogP contribution in [0.5, 0.6) is 17.2 Å². The number of anilines is 1. The topological polar surface area (TPSA) is 131 Å². The van der Waals surface area contributed by atoms with Crippen molar-refractivity contribution in [2.45, 2.75) is 25.3 Å². The monoisotopic (exact) mass is 429 g/mol. The van der Waals surface area contributed by atoms with Gasteiger partial charge in [-0.05, 0) is 31.0 Å². The van der Waals surface area contributed by atoms with Crippen LogP contribution in [0.4, 0.5) is 11.4 Å². The number of rotatable bonds is 10. The van der Waals surface area contributed by atoms with Crippen LogP contribution < -0.4 is 14.8 Å². The van der Waals surface area contributed by atoms with Crippen molar-refractivity contribution in [2.75, 3.05) is 25.6 Å². The molecule has 0 atom stereocenters. The normalized spacial score (nSPS) is 12.7. The molecule has 10 nitrogen and oxygen atoms in total. The van der Waals surface area contributed by atoms with Crippen LogP contribution >= 0.6 is 0 Å². The molecule has 0 aromatic heterocycles. The van der Waals surface area contributed by atoms with E-state index >= 15 is 0 Å². The maximum atomic E-state index is 12.7. The molecule has 0 unspecified atom stereocenters. The predicted octanol–water partition coefficient (Wildman–Crippen LogP) is 2.71. The number of phenols is 1. The number of hydrogen-bond acceptors (Lipinski definition) is 7. The van der Waals surface area contributed by atoms with Gasteiger partial charge in [0.2, 0.25) is 5.91 Å². The molecule has 2 N–H and O–H groups in total. The molecule has 0 heterocycles.